The van der Waals surface area contributed by atoms with Crippen molar-refractivity contribution in [2.24, 2.45) is 0 Å². The van der Waals surface area contributed by atoms with Gasteiger partial charge in [0.1, 0.15) is 5.76 Å². The van der Waals surface area contributed by atoms with E-state index < -0.39 is 17.7 Å². The first-order chi connectivity index (χ1) is 15.4. The monoisotopic (exact) mass is 460 g/mol. The molecule has 0 radical (unpaired) electrons. The quantitative estimate of drug-likeness (QED) is 0.235. The summed E-state index contributed by atoms with van der Waals surface area (Å²) in [6.45, 7) is 1.98. The molecule has 3 aromatic carbocycles. The second kappa shape index (κ2) is 7.89. The fourth-order valence-electron chi connectivity index (χ4n) is 3.86. The van der Waals surface area contributed by atoms with Crippen molar-refractivity contribution in [2.45, 2.75) is 13.0 Å². The molecule has 7 heteroatoms. The molecule has 2 heterocycles. The predicted octanol–water partition coefficient (Wildman–Crippen LogP) is 5.88. The van der Waals surface area contributed by atoms with E-state index in [9.17, 15) is 14.7 Å². The first kappa shape index (κ1) is 20.4. The number of thiazole rings is 1. The van der Waals surface area contributed by atoms with Crippen LogP contribution in [0.5, 0.6) is 0 Å². The van der Waals surface area contributed by atoms with Gasteiger partial charge in [-0.25, -0.2) is 4.98 Å². The van der Waals surface area contributed by atoms with E-state index in [2.05, 4.69) is 4.98 Å². The number of benzene rings is 3. The molecule has 5 rings (SSSR count). The number of halogens is 1. The van der Waals surface area contributed by atoms with Gasteiger partial charge in [0.15, 0.2) is 5.13 Å². The number of hydrogen-bond acceptors (Lipinski definition) is 5. The van der Waals surface area contributed by atoms with E-state index in [4.69, 9.17) is 11.6 Å². The average molecular weight is 461 g/mol. The number of carbonyl (C=O) groups excluding carboxylic acids is 2. The molecule has 1 aliphatic heterocycles. The number of amides is 1. The number of aryl methyl sites for hydroxylation is 1. The summed E-state index contributed by atoms with van der Waals surface area (Å²) in [4.78, 5) is 32.4. The number of rotatable bonds is 3. The van der Waals surface area contributed by atoms with Crippen LogP contribution in [0.25, 0.3) is 16.0 Å². The van der Waals surface area contributed by atoms with E-state index >= 15 is 0 Å². The third-order valence-electron chi connectivity index (χ3n) is 5.42. The van der Waals surface area contributed by atoms with Crippen LogP contribution in [0.2, 0.25) is 5.02 Å². The van der Waals surface area contributed by atoms with Crippen LogP contribution in [-0.4, -0.2) is 21.8 Å². The lowest BCUT2D eigenvalue weighted by molar-refractivity contribution is -0.132. The number of ketones is 1. The van der Waals surface area contributed by atoms with Crippen molar-refractivity contribution < 1.29 is 14.7 Å². The summed E-state index contributed by atoms with van der Waals surface area (Å²) in [5.41, 5.74) is 2.97. The Balaban J connectivity index is 1.73. The Bertz CT molecular complexity index is 1390. The van der Waals surface area contributed by atoms with Crippen molar-refractivity contribution in [3.05, 3.63) is 100 Å². The normalized spacial score (nSPS) is 17.9. The molecule has 1 aromatic heterocycles. The van der Waals surface area contributed by atoms with Crippen LogP contribution in [0, 0.1) is 6.92 Å². The number of aliphatic hydroxyl groups excluding tert-OH is 1. The van der Waals surface area contributed by atoms with Gasteiger partial charge in [-0.05, 0) is 42.3 Å². The summed E-state index contributed by atoms with van der Waals surface area (Å²) in [6, 6.07) is 20.6. The molecule has 5 nitrogen and oxygen atoms in total. The Labute approximate surface area is 193 Å². The highest BCUT2D eigenvalue weighted by atomic mass is 35.5. The highest BCUT2D eigenvalue weighted by Crippen LogP contribution is 2.44. The van der Waals surface area contributed by atoms with Crippen molar-refractivity contribution in [2.75, 3.05) is 4.90 Å². The molecule has 1 saturated heterocycles. The minimum absolute atomic E-state index is 0.0268. The van der Waals surface area contributed by atoms with Crippen LogP contribution in [-0.2, 0) is 9.59 Å². The molecular formula is C25H17ClN2O3S. The van der Waals surface area contributed by atoms with Crippen LogP contribution in [0.1, 0.15) is 22.7 Å². The van der Waals surface area contributed by atoms with E-state index in [-0.39, 0.29) is 11.3 Å². The maximum atomic E-state index is 13.2. The largest absolute Gasteiger partial charge is 0.507 e. The minimum atomic E-state index is -0.825. The van der Waals surface area contributed by atoms with Crippen LogP contribution < -0.4 is 4.90 Å². The van der Waals surface area contributed by atoms with Crippen molar-refractivity contribution in [1.29, 1.82) is 0 Å². The molecule has 0 bridgehead atoms. The predicted molar refractivity (Wildman–Crippen MR) is 127 cm³/mol. The number of hydrogen-bond donors (Lipinski definition) is 1. The van der Waals surface area contributed by atoms with Crippen molar-refractivity contribution in [1.82, 2.24) is 4.98 Å². The lowest BCUT2D eigenvalue weighted by atomic mass is 9.95. The second-order valence-corrected chi connectivity index (χ2v) is 9.00. The molecule has 4 aromatic rings. The number of aliphatic hydroxyl groups is 1. The molecule has 1 fully saturated rings. The van der Waals surface area contributed by atoms with Crippen molar-refractivity contribution >= 4 is 55.7 Å². The fraction of sp³-hybridized carbons (Fsp3) is 0.0800. The smallest absolute Gasteiger partial charge is 0.301 e. The number of anilines is 1. The number of nitrogens with zero attached hydrogens (tertiary/aromatic N) is 2. The van der Waals surface area contributed by atoms with Gasteiger partial charge in [-0.15, -0.1) is 0 Å². The zero-order valence-electron chi connectivity index (χ0n) is 16.9. The molecule has 1 N–H and O–H groups in total. The Morgan fingerprint density at radius 1 is 1.03 bits per heavy atom. The SMILES string of the molecule is Cc1ccc2nc(N3C(=O)C(=O)/C(=C(/O)c4ccccc4)C3c3ccc(Cl)cc3)sc2c1. The molecule has 1 amide bonds. The van der Waals surface area contributed by atoms with Gasteiger partial charge in [0, 0.05) is 10.6 Å². The first-order valence-electron chi connectivity index (χ1n) is 9.93. The molecule has 0 spiro atoms. The number of carbonyl (C=O) groups is 2. The lowest BCUT2D eigenvalue weighted by Crippen LogP contribution is -2.29. The van der Waals surface area contributed by atoms with Gasteiger partial charge < -0.3 is 5.11 Å². The zero-order valence-corrected chi connectivity index (χ0v) is 18.5. The number of Topliss-reactive ketones (excluding diaryl/α,β-unsaturated/α-hetero) is 1. The third kappa shape index (κ3) is 3.38. The van der Waals surface area contributed by atoms with E-state index in [0.717, 1.165) is 15.8 Å². The van der Waals surface area contributed by atoms with Gasteiger partial charge in [-0.3, -0.25) is 14.5 Å². The Kier molecular flexibility index (Phi) is 5.04. The van der Waals surface area contributed by atoms with Crippen LogP contribution >= 0.6 is 22.9 Å². The molecule has 0 saturated carbocycles. The van der Waals surface area contributed by atoms with Gasteiger partial charge in [0.05, 0.1) is 21.8 Å². The molecule has 1 atom stereocenters. The number of aromatic nitrogens is 1. The van der Waals surface area contributed by atoms with E-state index in [1.54, 1.807) is 48.5 Å². The highest BCUT2D eigenvalue weighted by molar-refractivity contribution is 7.22. The summed E-state index contributed by atoms with van der Waals surface area (Å²) < 4.78 is 0.916. The highest BCUT2D eigenvalue weighted by Gasteiger charge is 2.48. The van der Waals surface area contributed by atoms with E-state index in [0.29, 0.717) is 21.3 Å². The maximum Gasteiger partial charge on any atom is 0.301 e. The average Bonchev–Trinajstić information content (AvgIpc) is 3.32. The summed E-state index contributed by atoms with van der Waals surface area (Å²) in [5.74, 6) is -1.69. The maximum absolute atomic E-state index is 13.2. The second-order valence-electron chi connectivity index (χ2n) is 7.55. The third-order valence-corrected chi connectivity index (χ3v) is 6.69. The molecule has 158 valence electrons. The Hall–Kier alpha value is -3.48. The van der Waals surface area contributed by atoms with Gasteiger partial charge in [-0.2, -0.15) is 0 Å². The topological polar surface area (TPSA) is 70.5 Å². The zero-order chi connectivity index (χ0) is 22.4. The summed E-state index contributed by atoms with van der Waals surface area (Å²) >= 11 is 7.41. The summed E-state index contributed by atoms with van der Waals surface area (Å²) in [7, 11) is 0. The molecule has 1 unspecified atom stereocenters. The van der Waals surface area contributed by atoms with Crippen LogP contribution in [0.15, 0.2) is 78.4 Å². The number of fused-ring (bicyclic) bond motifs is 1. The van der Waals surface area contributed by atoms with Crippen molar-refractivity contribution in [3.8, 4) is 0 Å². The van der Waals surface area contributed by atoms with E-state index in [1.807, 2.05) is 31.2 Å². The van der Waals surface area contributed by atoms with Gasteiger partial charge >= 0.3 is 5.91 Å². The Morgan fingerprint density at radius 3 is 2.47 bits per heavy atom. The van der Waals surface area contributed by atoms with Crippen LogP contribution in [0.3, 0.4) is 0 Å². The minimum Gasteiger partial charge on any atom is -0.507 e. The van der Waals surface area contributed by atoms with Gasteiger partial charge in [-0.1, -0.05) is 71.5 Å². The first-order valence-corrected chi connectivity index (χ1v) is 11.1. The van der Waals surface area contributed by atoms with E-state index in [1.165, 1.54) is 16.2 Å². The molecular weight excluding hydrogens is 444 g/mol. The summed E-state index contributed by atoms with van der Waals surface area (Å²) in [5, 5.41) is 12.0. The Morgan fingerprint density at radius 2 is 1.75 bits per heavy atom. The van der Waals surface area contributed by atoms with Gasteiger partial charge in [0.2, 0.25) is 0 Å². The standard InChI is InChI=1S/C25H17ClN2O3S/c1-14-7-12-18-19(13-14)32-25(27-18)28-21(15-8-10-17(26)11-9-15)20(23(30)24(28)31)22(29)16-5-3-2-4-6-16/h2-13,21,29H,1H3/b22-20+. The van der Waals surface area contributed by atoms with Crippen LogP contribution in [0.4, 0.5) is 5.13 Å². The summed E-state index contributed by atoms with van der Waals surface area (Å²) in [6.07, 6.45) is 0. The van der Waals surface area contributed by atoms with Gasteiger partial charge in [0.25, 0.3) is 5.78 Å². The molecule has 1 aliphatic rings. The van der Waals surface area contributed by atoms with Crippen molar-refractivity contribution in [3.63, 3.8) is 0 Å². The molecule has 32 heavy (non-hydrogen) atoms. The lowest BCUT2D eigenvalue weighted by Gasteiger charge is -2.23. The fourth-order valence-corrected chi connectivity index (χ4v) is 5.08. The molecule has 0 aliphatic carbocycles.